The van der Waals surface area contributed by atoms with E-state index in [4.69, 9.17) is 13.6 Å². The number of furan rings is 1. The Labute approximate surface area is 167 Å². The van der Waals surface area contributed by atoms with Crippen LogP contribution in [0.5, 0.6) is 5.75 Å². The van der Waals surface area contributed by atoms with Crippen molar-refractivity contribution in [3.8, 4) is 23.5 Å². The van der Waals surface area contributed by atoms with E-state index in [0.717, 1.165) is 5.56 Å². The van der Waals surface area contributed by atoms with Crippen molar-refractivity contribution in [2.24, 2.45) is 0 Å². The molecule has 0 unspecified atom stereocenters. The topological polar surface area (TPSA) is 95.7 Å². The molecule has 1 aromatic carbocycles. The first kappa shape index (κ1) is 18.6. The van der Waals surface area contributed by atoms with Crippen LogP contribution < -0.4 is 9.64 Å². The maximum atomic E-state index is 12.4. The Bertz CT molecular complexity index is 1010. The van der Waals surface area contributed by atoms with Crippen LogP contribution in [0.3, 0.4) is 0 Å². The molecule has 1 aliphatic heterocycles. The summed E-state index contributed by atoms with van der Waals surface area (Å²) in [7, 11) is 0. The largest absolute Gasteiger partial charge is 0.484 e. The molecular weight excluding hydrogens is 372 g/mol. The van der Waals surface area contributed by atoms with Gasteiger partial charge in [0.2, 0.25) is 11.6 Å². The zero-order valence-electron chi connectivity index (χ0n) is 16.0. The molecule has 0 aliphatic carbocycles. The van der Waals surface area contributed by atoms with Gasteiger partial charge in [-0.15, -0.1) is 0 Å². The van der Waals surface area contributed by atoms with Gasteiger partial charge in [-0.1, -0.05) is 17.7 Å². The fourth-order valence-corrected chi connectivity index (χ4v) is 3.13. The van der Waals surface area contributed by atoms with Crippen molar-refractivity contribution in [1.29, 1.82) is 5.26 Å². The molecule has 1 aliphatic rings. The van der Waals surface area contributed by atoms with E-state index in [1.165, 1.54) is 6.26 Å². The van der Waals surface area contributed by atoms with Crippen LogP contribution in [-0.4, -0.2) is 48.6 Å². The first-order valence-corrected chi connectivity index (χ1v) is 9.31. The summed E-state index contributed by atoms with van der Waals surface area (Å²) >= 11 is 0. The van der Waals surface area contributed by atoms with Crippen LogP contribution in [0.25, 0.3) is 11.7 Å². The van der Waals surface area contributed by atoms with E-state index in [1.54, 1.807) is 17.0 Å². The summed E-state index contributed by atoms with van der Waals surface area (Å²) in [5.74, 6) is 1.75. The minimum atomic E-state index is -0.0698. The molecule has 3 heterocycles. The van der Waals surface area contributed by atoms with E-state index < -0.39 is 0 Å². The van der Waals surface area contributed by atoms with Gasteiger partial charge < -0.3 is 23.4 Å². The Morgan fingerprint density at radius 1 is 1.21 bits per heavy atom. The number of ether oxygens (including phenoxy) is 1. The molecule has 148 valence electrons. The van der Waals surface area contributed by atoms with E-state index in [-0.39, 0.29) is 24.1 Å². The Morgan fingerprint density at radius 3 is 2.62 bits per heavy atom. The molecule has 1 amide bonds. The number of anilines is 1. The Balaban J connectivity index is 1.35. The second-order valence-corrected chi connectivity index (χ2v) is 6.73. The van der Waals surface area contributed by atoms with Crippen molar-refractivity contribution in [2.45, 2.75) is 6.92 Å². The van der Waals surface area contributed by atoms with Gasteiger partial charge in [-0.3, -0.25) is 4.79 Å². The molecule has 1 fully saturated rings. The Morgan fingerprint density at radius 2 is 1.97 bits per heavy atom. The number of carbonyl (C=O) groups is 1. The van der Waals surface area contributed by atoms with Crippen molar-refractivity contribution in [2.75, 3.05) is 37.7 Å². The summed E-state index contributed by atoms with van der Waals surface area (Å²) in [6, 6.07) is 13.1. The van der Waals surface area contributed by atoms with E-state index in [9.17, 15) is 10.1 Å². The number of amides is 1. The van der Waals surface area contributed by atoms with Crippen LogP contribution in [0.15, 0.2) is 51.5 Å². The van der Waals surface area contributed by atoms with Gasteiger partial charge in [0.1, 0.15) is 11.8 Å². The number of aromatic nitrogens is 1. The van der Waals surface area contributed by atoms with Crippen LogP contribution in [0, 0.1) is 18.3 Å². The van der Waals surface area contributed by atoms with Crippen LogP contribution in [0.1, 0.15) is 11.3 Å². The molecule has 8 nitrogen and oxygen atoms in total. The molecule has 3 aromatic rings. The summed E-state index contributed by atoms with van der Waals surface area (Å²) in [5, 5.41) is 9.38. The molecule has 29 heavy (non-hydrogen) atoms. The van der Waals surface area contributed by atoms with E-state index in [0.29, 0.717) is 43.6 Å². The van der Waals surface area contributed by atoms with Crippen LogP contribution in [0.2, 0.25) is 0 Å². The number of aryl methyl sites for hydroxylation is 1. The Kier molecular flexibility index (Phi) is 5.20. The second kappa shape index (κ2) is 8.10. The third-order valence-corrected chi connectivity index (χ3v) is 4.75. The number of benzene rings is 1. The monoisotopic (exact) mass is 392 g/mol. The second-order valence-electron chi connectivity index (χ2n) is 6.73. The third-order valence-electron chi connectivity index (χ3n) is 4.75. The Hall–Kier alpha value is -3.73. The lowest BCUT2D eigenvalue weighted by atomic mass is 10.2. The molecular formula is C21H20N4O4. The predicted molar refractivity (Wildman–Crippen MR) is 104 cm³/mol. The predicted octanol–water partition coefficient (Wildman–Crippen LogP) is 2.84. The number of piperazine rings is 1. The van der Waals surface area contributed by atoms with E-state index >= 15 is 0 Å². The van der Waals surface area contributed by atoms with Gasteiger partial charge in [0.25, 0.3) is 11.8 Å². The standard InChI is InChI=1S/C21H20N4O4/c1-15-4-6-16(7-5-15)28-14-19(26)24-8-10-25(11-9-24)21-17(13-22)23-20(29-21)18-3-2-12-27-18/h2-7,12H,8-11,14H2,1H3. The van der Waals surface area contributed by atoms with Gasteiger partial charge in [0, 0.05) is 26.2 Å². The van der Waals surface area contributed by atoms with Crippen LogP contribution in [0.4, 0.5) is 5.88 Å². The zero-order valence-corrected chi connectivity index (χ0v) is 16.0. The molecule has 1 saturated heterocycles. The minimum Gasteiger partial charge on any atom is -0.484 e. The lowest BCUT2D eigenvalue weighted by Crippen LogP contribution is -2.50. The molecule has 0 bridgehead atoms. The van der Waals surface area contributed by atoms with Crippen molar-refractivity contribution < 1.29 is 18.4 Å². The number of carbonyl (C=O) groups excluding carboxylic acids is 1. The van der Waals surface area contributed by atoms with E-state index in [2.05, 4.69) is 11.1 Å². The van der Waals surface area contributed by atoms with E-state index in [1.807, 2.05) is 36.1 Å². The van der Waals surface area contributed by atoms with Gasteiger partial charge in [-0.25, -0.2) is 0 Å². The summed E-state index contributed by atoms with van der Waals surface area (Å²) in [5.41, 5.74) is 1.35. The van der Waals surface area contributed by atoms with Crippen molar-refractivity contribution in [3.05, 3.63) is 53.9 Å². The lowest BCUT2D eigenvalue weighted by Gasteiger charge is -2.34. The minimum absolute atomic E-state index is 0.00252. The highest BCUT2D eigenvalue weighted by atomic mass is 16.5. The van der Waals surface area contributed by atoms with Crippen LogP contribution >= 0.6 is 0 Å². The molecule has 0 atom stereocenters. The average Bonchev–Trinajstić information content (AvgIpc) is 3.43. The summed E-state index contributed by atoms with van der Waals surface area (Å²) < 4.78 is 16.6. The number of hydrogen-bond acceptors (Lipinski definition) is 7. The molecule has 0 saturated carbocycles. The molecule has 0 N–H and O–H groups in total. The normalized spacial score (nSPS) is 13.9. The maximum Gasteiger partial charge on any atom is 0.266 e. The third kappa shape index (κ3) is 4.09. The number of hydrogen-bond donors (Lipinski definition) is 0. The van der Waals surface area contributed by atoms with Crippen molar-refractivity contribution in [3.63, 3.8) is 0 Å². The molecule has 0 spiro atoms. The highest BCUT2D eigenvalue weighted by molar-refractivity contribution is 5.78. The number of nitrogens with zero attached hydrogens (tertiary/aromatic N) is 4. The molecule has 0 radical (unpaired) electrons. The fourth-order valence-electron chi connectivity index (χ4n) is 3.13. The number of nitriles is 1. The summed E-state index contributed by atoms with van der Waals surface area (Å²) in [6.07, 6.45) is 1.52. The van der Waals surface area contributed by atoms with Crippen molar-refractivity contribution >= 4 is 11.8 Å². The SMILES string of the molecule is Cc1ccc(OCC(=O)N2CCN(c3oc(-c4ccco4)nc3C#N)CC2)cc1. The molecule has 4 rings (SSSR count). The average molecular weight is 392 g/mol. The number of rotatable bonds is 5. The lowest BCUT2D eigenvalue weighted by molar-refractivity contribution is -0.133. The fraction of sp³-hybridized carbons (Fsp3) is 0.286. The first-order chi connectivity index (χ1) is 14.1. The highest BCUT2D eigenvalue weighted by Gasteiger charge is 2.27. The number of oxazole rings is 1. The maximum absolute atomic E-state index is 12.4. The van der Waals surface area contributed by atoms with Crippen molar-refractivity contribution in [1.82, 2.24) is 9.88 Å². The molecule has 8 heteroatoms. The first-order valence-electron chi connectivity index (χ1n) is 9.31. The van der Waals surface area contributed by atoms with Gasteiger partial charge in [0.15, 0.2) is 12.4 Å². The molecule has 2 aromatic heterocycles. The van der Waals surface area contributed by atoms with Crippen LogP contribution in [-0.2, 0) is 4.79 Å². The zero-order chi connectivity index (χ0) is 20.2. The van der Waals surface area contributed by atoms with Gasteiger partial charge >= 0.3 is 0 Å². The highest BCUT2D eigenvalue weighted by Crippen LogP contribution is 2.29. The van der Waals surface area contributed by atoms with Gasteiger partial charge in [-0.05, 0) is 31.2 Å². The van der Waals surface area contributed by atoms with Gasteiger partial charge in [0.05, 0.1) is 6.26 Å². The quantitative estimate of drug-likeness (QED) is 0.659. The summed E-state index contributed by atoms with van der Waals surface area (Å²) in [6.45, 7) is 4.10. The summed E-state index contributed by atoms with van der Waals surface area (Å²) in [4.78, 5) is 20.3. The smallest absolute Gasteiger partial charge is 0.266 e. The van der Waals surface area contributed by atoms with Gasteiger partial charge in [-0.2, -0.15) is 10.2 Å².